The summed E-state index contributed by atoms with van der Waals surface area (Å²) in [6, 6.07) is 34.4. The number of hydrogen-bond donors (Lipinski definition) is 1. The highest BCUT2D eigenvalue weighted by Crippen LogP contribution is 2.61. The Kier molecular flexibility index (Phi) is 9.19. The Morgan fingerprint density at radius 3 is 2.25 bits per heavy atom. The smallest absolute Gasteiger partial charge is 0.0724 e. The van der Waals surface area contributed by atoms with Crippen LogP contribution in [0.4, 0.5) is 0 Å². The van der Waals surface area contributed by atoms with E-state index in [1.54, 1.807) is 0 Å². The molecule has 1 N–H and O–H groups in total. The van der Waals surface area contributed by atoms with Crippen LogP contribution in [0.25, 0.3) is 27.8 Å². The predicted octanol–water partition coefficient (Wildman–Crippen LogP) is 12.8. The summed E-state index contributed by atoms with van der Waals surface area (Å²) in [5, 5.41) is 3.56. The fourth-order valence-corrected chi connectivity index (χ4v) is 9.48. The Morgan fingerprint density at radius 1 is 0.717 bits per heavy atom. The molecule has 0 radical (unpaired) electrons. The van der Waals surface area contributed by atoms with Gasteiger partial charge < -0.3 is 5.32 Å². The zero-order valence-electron chi connectivity index (χ0n) is 31.1. The third-order valence-electron chi connectivity index (χ3n) is 11.5. The minimum atomic E-state index is -0.500. The van der Waals surface area contributed by atoms with Crippen LogP contribution in [0, 0.1) is 0 Å². The van der Waals surface area contributed by atoms with Crippen LogP contribution in [0.3, 0.4) is 0 Å². The molecule has 8 rings (SSSR count). The van der Waals surface area contributed by atoms with Crippen molar-refractivity contribution in [2.24, 2.45) is 0 Å². The summed E-state index contributed by atoms with van der Waals surface area (Å²) >= 11 is 0. The average molecular weight is 686 g/mol. The zero-order valence-corrected chi connectivity index (χ0v) is 31.1. The lowest BCUT2D eigenvalue weighted by atomic mass is 9.65. The number of rotatable bonds is 9. The topological polar surface area (TPSA) is 12.0 Å². The van der Waals surface area contributed by atoms with Gasteiger partial charge in [0, 0.05) is 12.7 Å². The van der Waals surface area contributed by atoms with E-state index in [4.69, 9.17) is 0 Å². The molecular weight excluding hydrogens is 639 g/mol. The summed E-state index contributed by atoms with van der Waals surface area (Å²) in [6.45, 7) is 11.3. The Labute approximate surface area is 315 Å². The van der Waals surface area contributed by atoms with Gasteiger partial charge in [0.1, 0.15) is 0 Å². The number of nitrogens with one attached hydrogen (secondary N) is 1. The van der Waals surface area contributed by atoms with Gasteiger partial charge in [-0.3, -0.25) is 0 Å². The molecule has 0 amide bonds. The van der Waals surface area contributed by atoms with Crippen LogP contribution in [-0.2, 0) is 10.8 Å². The second-order valence-electron chi connectivity index (χ2n) is 14.2. The van der Waals surface area contributed by atoms with Crippen molar-refractivity contribution in [3.63, 3.8) is 0 Å². The molecule has 0 aromatic heterocycles. The molecule has 0 bridgehead atoms. The Bertz CT molecular complexity index is 2350. The van der Waals surface area contributed by atoms with Crippen molar-refractivity contribution in [2.75, 3.05) is 6.54 Å². The third-order valence-corrected chi connectivity index (χ3v) is 11.5. The van der Waals surface area contributed by atoms with Gasteiger partial charge in [0.25, 0.3) is 0 Å². The van der Waals surface area contributed by atoms with Crippen molar-refractivity contribution in [1.82, 2.24) is 5.32 Å². The van der Waals surface area contributed by atoms with Gasteiger partial charge >= 0.3 is 0 Å². The molecule has 53 heavy (non-hydrogen) atoms. The van der Waals surface area contributed by atoms with Crippen LogP contribution in [-0.4, -0.2) is 6.54 Å². The molecular formula is C52H47N. The van der Waals surface area contributed by atoms with Crippen LogP contribution < -0.4 is 5.32 Å². The Hall–Kier alpha value is -5.92. The minimum absolute atomic E-state index is 0.413. The lowest BCUT2D eigenvalue weighted by Gasteiger charge is -2.37. The van der Waals surface area contributed by atoms with Crippen LogP contribution in [0.2, 0.25) is 0 Å². The van der Waals surface area contributed by atoms with Gasteiger partial charge in [-0.2, -0.15) is 0 Å². The SMILES string of the molecule is C=C/C=C\C=C(/C)C1(c2ccccc2)C(/C=C\C)=C(/C=C\C)c2ccc(-c3cccc4c3-c3ccccc3C4(C3=CCCC=C3)C3=CNCC=C3)cc21. The van der Waals surface area contributed by atoms with Crippen molar-refractivity contribution in [1.29, 1.82) is 0 Å². The molecule has 1 heteroatoms. The zero-order chi connectivity index (χ0) is 36.4. The third kappa shape index (κ3) is 5.21. The molecule has 4 aliphatic rings. The summed E-state index contributed by atoms with van der Waals surface area (Å²) < 4.78 is 0. The second kappa shape index (κ2) is 14.2. The average Bonchev–Trinajstić information content (AvgIpc) is 3.67. The molecule has 2 atom stereocenters. The van der Waals surface area contributed by atoms with Crippen LogP contribution in [0.15, 0.2) is 205 Å². The van der Waals surface area contributed by atoms with E-state index < -0.39 is 10.8 Å². The molecule has 0 saturated carbocycles. The molecule has 0 saturated heterocycles. The second-order valence-corrected chi connectivity index (χ2v) is 14.2. The molecule has 260 valence electrons. The van der Waals surface area contributed by atoms with Gasteiger partial charge in [0.05, 0.1) is 10.8 Å². The highest BCUT2D eigenvalue weighted by Gasteiger charge is 2.49. The van der Waals surface area contributed by atoms with Gasteiger partial charge in [0.15, 0.2) is 0 Å². The van der Waals surface area contributed by atoms with Crippen LogP contribution in [0.1, 0.15) is 61.4 Å². The first-order valence-corrected chi connectivity index (χ1v) is 19.0. The number of fused-ring (bicyclic) bond motifs is 4. The van der Waals surface area contributed by atoms with Crippen molar-refractivity contribution in [2.45, 2.75) is 44.4 Å². The summed E-state index contributed by atoms with van der Waals surface area (Å²) in [4.78, 5) is 0. The molecule has 4 aromatic carbocycles. The lowest BCUT2D eigenvalue weighted by molar-refractivity contribution is 0.731. The number of hydrogen-bond acceptors (Lipinski definition) is 1. The summed E-state index contributed by atoms with van der Waals surface area (Å²) in [5.41, 5.74) is 17.2. The van der Waals surface area contributed by atoms with E-state index in [1.165, 1.54) is 77.9 Å². The first-order valence-electron chi connectivity index (χ1n) is 19.0. The van der Waals surface area contributed by atoms with E-state index in [0.717, 1.165) is 19.4 Å². The molecule has 4 aromatic rings. The first kappa shape index (κ1) is 34.2. The standard InChI is InChI=1S/C52H47N/c1-5-8-11-22-37(4)51(39-23-12-9-13-24-39)46(21-7-3)43(20-6-2)44-33-32-38(35-49(44)51)42-29-18-31-48-50(42)45-28-16-17-30-47(45)52(48,40-25-14-10-15-26-40)41-27-19-34-53-36-41/h5-9,11-14,16-33,35-36,53H,1,10,15,34H2,2-4H3/b11-8-,20-6-,21-7-,37-22+. The molecule has 0 fully saturated rings. The summed E-state index contributed by atoms with van der Waals surface area (Å²) in [5.74, 6) is 0. The van der Waals surface area contributed by atoms with Gasteiger partial charge in [0.2, 0.25) is 0 Å². The van der Waals surface area contributed by atoms with Crippen LogP contribution in [0.5, 0.6) is 0 Å². The van der Waals surface area contributed by atoms with Gasteiger partial charge in [-0.15, -0.1) is 0 Å². The van der Waals surface area contributed by atoms with Crippen molar-refractivity contribution < 1.29 is 0 Å². The highest BCUT2D eigenvalue weighted by molar-refractivity contribution is 5.98. The Balaban J connectivity index is 1.44. The van der Waals surface area contributed by atoms with Crippen LogP contribution >= 0.6 is 0 Å². The quantitative estimate of drug-likeness (QED) is 0.173. The van der Waals surface area contributed by atoms with E-state index in [1.807, 2.05) is 12.2 Å². The van der Waals surface area contributed by atoms with Crippen molar-refractivity contribution in [3.8, 4) is 22.3 Å². The number of dihydropyridines is 1. The maximum atomic E-state index is 3.94. The molecule has 2 unspecified atom stereocenters. The fraction of sp³-hybridized carbons (Fsp3) is 0.154. The van der Waals surface area contributed by atoms with Gasteiger partial charge in [-0.1, -0.05) is 176 Å². The van der Waals surface area contributed by atoms with E-state index in [9.17, 15) is 0 Å². The molecule has 0 spiro atoms. The lowest BCUT2D eigenvalue weighted by Crippen LogP contribution is -2.32. The number of benzene rings is 4. The maximum absolute atomic E-state index is 3.94. The summed E-state index contributed by atoms with van der Waals surface area (Å²) in [7, 11) is 0. The Morgan fingerprint density at radius 2 is 1.49 bits per heavy atom. The highest BCUT2D eigenvalue weighted by atomic mass is 14.8. The predicted molar refractivity (Wildman–Crippen MR) is 227 cm³/mol. The van der Waals surface area contributed by atoms with E-state index >= 15 is 0 Å². The molecule has 1 nitrogen and oxygen atoms in total. The molecule has 3 aliphatic carbocycles. The van der Waals surface area contributed by atoms with Crippen molar-refractivity contribution >= 4 is 5.57 Å². The number of allylic oxidation sites excluding steroid dienone is 17. The van der Waals surface area contributed by atoms with Gasteiger partial charge in [-0.25, -0.2) is 0 Å². The molecule has 1 heterocycles. The molecule has 1 aliphatic heterocycles. The van der Waals surface area contributed by atoms with E-state index in [-0.39, 0.29) is 0 Å². The maximum Gasteiger partial charge on any atom is 0.0724 e. The fourth-order valence-electron chi connectivity index (χ4n) is 9.48. The minimum Gasteiger partial charge on any atom is -0.387 e. The monoisotopic (exact) mass is 685 g/mol. The van der Waals surface area contributed by atoms with Crippen molar-refractivity contribution in [3.05, 3.63) is 233 Å². The van der Waals surface area contributed by atoms with E-state index in [2.05, 4.69) is 197 Å². The van der Waals surface area contributed by atoms with Gasteiger partial charge in [-0.05, 0) is 112 Å². The normalized spacial score (nSPS) is 21.9. The largest absolute Gasteiger partial charge is 0.387 e. The van der Waals surface area contributed by atoms with E-state index in [0.29, 0.717) is 0 Å². The first-order chi connectivity index (χ1) is 26.1. The summed E-state index contributed by atoms with van der Waals surface area (Å²) in [6.07, 6.45) is 33.4.